The van der Waals surface area contributed by atoms with E-state index in [-0.39, 0.29) is 12.5 Å². The van der Waals surface area contributed by atoms with Crippen molar-refractivity contribution in [2.45, 2.75) is 0 Å². The molecule has 20 heavy (non-hydrogen) atoms. The van der Waals surface area contributed by atoms with Crippen LogP contribution in [-0.4, -0.2) is 12.5 Å². The summed E-state index contributed by atoms with van der Waals surface area (Å²) in [5, 5.41) is 12.0. The number of anilines is 1. The quantitative estimate of drug-likeness (QED) is 0.938. The van der Waals surface area contributed by atoms with E-state index in [1.165, 1.54) is 6.07 Å². The number of nitrogens with one attached hydrogen (secondary N) is 1. The highest BCUT2D eigenvalue weighted by Gasteiger charge is 2.08. The zero-order chi connectivity index (χ0) is 14.4. The molecule has 1 amide bonds. The van der Waals surface area contributed by atoms with Gasteiger partial charge in [-0.2, -0.15) is 5.26 Å². The number of rotatable bonds is 4. The van der Waals surface area contributed by atoms with E-state index in [0.717, 1.165) is 0 Å². The largest absolute Gasteiger partial charge is 0.484 e. The number of ether oxygens (including phenoxy) is 1. The van der Waals surface area contributed by atoms with Crippen molar-refractivity contribution < 1.29 is 9.53 Å². The van der Waals surface area contributed by atoms with Crippen molar-refractivity contribution >= 4 is 23.2 Å². The van der Waals surface area contributed by atoms with E-state index in [9.17, 15) is 4.79 Å². The number of benzene rings is 2. The Morgan fingerprint density at radius 3 is 2.70 bits per heavy atom. The molecule has 0 aliphatic carbocycles. The van der Waals surface area contributed by atoms with Crippen LogP contribution in [0.1, 0.15) is 5.56 Å². The molecule has 0 saturated heterocycles. The van der Waals surface area contributed by atoms with Crippen LogP contribution in [0, 0.1) is 11.3 Å². The summed E-state index contributed by atoms with van der Waals surface area (Å²) < 4.78 is 5.32. The van der Waals surface area contributed by atoms with Gasteiger partial charge in [0.2, 0.25) is 0 Å². The molecule has 0 unspecified atom stereocenters. The highest BCUT2D eigenvalue weighted by atomic mass is 35.5. The van der Waals surface area contributed by atoms with E-state index in [2.05, 4.69) is 5.32 Å². The Kier molecular flexibility index (Phi) is 4.59. The second kappa shape index (κ2) is 6.60. The zero-order valence-corrected chi connectivity index (χ0v) is 11.2. The number of nitrogens with zero attached hydrogens (tertiary/aromatic N) is 1. The number of hydrogen-bond acceptors (Lipinski definition) is 3. The first-order chi connectivity index (χ1) is 9.69. The molecule has 0 radical (unpaired) electrons. The van der Waals surface area contributed by atoms with Crippen LogP contribution in [0.2, 0.25) is 5.02 Å². The third-order valence-corrected chi connectivity index (χ3v) is 2.72. The van der Waals surface area contributed by atoms with Gasteiger partial charge in [-0.1, -0.05) is 29.8 Å². The fourth-order valence-corrected chi connectivity index (χ4v) is 1.74. The third kappa shape index (κ3) is 3.74. The summed E-state index contributed by atoms with van der Waals surface area (Å²) in [6, 6.07) is 15.7. The monoisotopic (exact) mass is 286 g/mol. The number of carbonyl (C=O) groups is 1. The summed E-state index contributed by atoms with van der Waals surface area (Å²) in [5.41, 5.74) is 0.726. The lowest BCUT2D eigenvalue weighted by atomic mass is 10.2. The maximum absolute atomic E-state index is 11.8. The highest BCUT2D eigenvalue weighted by Crippen LogP contribution is 2.20. The van der Waals surface area contributed by atoms with Crippen molar-refractivity contribution in [3.63, 3.8) is 0 Å². The molecule has 0 aliphatic rings. The Labute approximate surface area is 121 Å². The number of hydrogen-bond donors (Lipinski definition) is 1. The van der Waals surface area contributed by atoms with Gasteiger partial charge in [0.15, 0.2) is 6.61 Å². The van der Waals surface area contributed by atoms with E-state index in [1.54, 1.807) is 24.3 Å². The first-order valence-electron chi connectivity index (χ1n) is 5.86. The Hall–Kier alpha value is -2.51. The van der Waals surface area contributed by atoms with Crippen molar-refractivity contribution in [3.05, 3.63) is 59.1 Å². The van der Waals surface area contributed by atoms with Gasteiger partial charge in [-0.05, 0) is 30.3 Å². The molecule has 0 aliphatic heterocycles. The number of nitriles is 1. The molecule has 0 atom stereocenters. The molecule has 0 fully saturated rings. The predicted molar refractivity (Wildman–Crippen MR) is 76.7 cm³/mol. The Balaban J connectivity index is 1.98. The normalized spacial score (nSPS) is 9.60. The lowest BCUT2D eigenvalue weighted by molar-refractivity contribution is -0.118. The molecule has 1 N–H and O–H groups in total. The van der Waals surface area contributed by atoms with Crippen LogP contribution in [0.3, 0.4) is 0 Å². The standard InChI is InChI=1S/C15H11ClN2O2/c16-12-7-6-11(9-17)14(8-12)18-15(19)10-20-13-4-2-1-3-5-13/h1-8H,10H2,(H,18,19). The molecular formula is C15H11ClN2O2. The number of para-hydroxylation sites is 1. The molecule has 0 bridgehead atoms. The molecule has 2 rings (SSSR count). The second-order valence-electron chi connectivity index (χ2n) is 3.95. The van der Waals surface area contributed by atoms with Crippen molar-refractivity contribution in [3.8, 4) is 11.8 Å². The summed E-state index contributed by atoms with van der Waals surface area (Å²) in [4.78, 5) is 11.8. The van der Waals surface area contributed by atoms with Gasteiger partial charge >= 0.3 is 0 Å². The minimum atomic E-state index is -0.354. The van der Waals surface area contributed by atoms with Gasteiger partial charge in [-0.15, -0.1) is 0 Å². The van der Waals surface area contributed by atoms with Gasteiger partial charge in [-0.25, -0.2) is 0 Å². The molecule has 2 aromatic carbocycles. The van der Waals surface area contributed by atoms with E-state index in [4.69, 9.17) is 21.6 Å². The van der Waals surface area contributed by atoms with Gasteiger partial charge in [0.25, 0.3) is 5.91 Å². The van der Waals surface area contributed by atoms with E-state index in [0.29, 0.717) is 22.0 Å². The lowest BCUT2D eigenvalue weighted by Gasteiger charge is -2.08. The van der Waals surface area contributed by atoms with Crippen LogP contribution in [0.15, 0.2) is 48.5 Å². The molecule has 0 saturated carbocycles. The first-order valence-corrected chi connectivity index (χ1v) is 6.24. The Morgan fingerprint density at radius 1 is 1.25 bits per heavy atom. The number of amides is 1. The number of carbonyl (C=O) groups excluding carboxylic acids is 1. The SMILES string of the molecule is N#Cc1ccc(Cl)cc1NC(=O)COc1ccccc1. The van der Waals surface area contributed by atoms with Crippen molar-refractivity contribution in [1.29, 1.82) is 5.26 Å². The van der Waals surface area contributed by atoms with Crippen LogP contribution < -0.4 is 10.1 Å². The Morgan fingerprint density at radius 2 is 2.00 bits per heavy atom. The molecule has 100 valence electrons. The Bertz CT molecular complexity index is 651. The molecule has 4 nitrogen and oxygen atoms in total. The van der Waals surface area contributed by atoms with Crippen LogP contribution in [-0.2, 0) is 4.79 Å². The van der Waals surface area contributed by atoms with Crippen molar-refractivity contribution in [2.24, 2.45) is 0 Å². The smallest absolute Gasteiger partial charge is 0.262 e. The highest BCUT2D eigenvalue weighted by molar-refractivity contribution is 6.31. The topological polar surface area (TPSA) is 62.1 Å². The maximum Gasteiger partial charge on any atom is 0.262 e. The van der Waals surface area contributed by atoms with E-state index >= 15 is 0 Å². The summed E-state index contributed by atoms with van der Waals surface area (Å²) in [6.45, 7) is -0.138. The lowest BCUT2D eigenvalue weighted by Crippen LogP contribution is -2.20. The van der Waals surface area contributed by atoms with Gasteiger partial charge in [0, 0.05) is 5.02 Å². The third-order valence-electron chi connectivity index (χ3n) is 2.49. The van der Waals surface area contributed by atoms with Crippen LogP contribution in [0.5, 0.6) is 5.75 Å². The number of halogens is 1. The minimum Gasteiger partial charge on any atom is -0.484 e. The van der Waals surface area contributed by atoms with Crippen LogP contribution >= 0.6 is 11.6 Å². The molecular weight excluding hydrogens is 276 g/mol. The first kappa shape index (κ1) is 13.9. The summed E-state index contributed by atoms with van der Waals surface area (Å²) in [6.07, 6.45) is 0. The summed E-state index contributed by atoms with van der Waals surface area (Å²) in [5.74, 6) is 0.252. The molecule has 0 heterocycles. The minimum absolute atomic E-state index is 0.138. The zero-order valence-electron chi connectivity index (χ0n) is 10.5. The van der Waals surface area contributed by atoms with Crippen LogP contribution in [0.25, 0.3) is 0 Å². The predicted octanol–water partition coefficient (Wildman–Crippen LogP) is 3.23. The average Bonchev–Trinajstić information content (AvgIpc) is 2.46. The van der Waals surface area contributed by atoms with Gasteiger partial charge in [0.1, 0.15) is 11.8 Å². The summed E-state index contributed by atoms with van der Waals surface area (Å²) in [7, 11) is 0. The molecule has 5 heteroatoms. The fraction of sp³-hybridized carbons (Fsp3) is 0.0667. The molecule has 0 aromatic heterocycles. The van der Waals surface area contributed by atoms with Crippen molar-refractivity contribution in [1.82, 2.24) is 0 Å². The molecule has 2 aromatic rings. The van der Waals surface area contributed by atoms with Crippen LogP contribution in [0.4, 0.5) is 5.69 Å². The summed E-state index contributed by atoms with van der Waals surface area (Å²) >= 11 is 5.84. The van der Waals surface area contributed by atoms with Gasteiger partial charge in [0.05, 0.1) is 11.3 Å². The van der Waals surface area contributed by atoms with E-state index < -0.39 is 0 Å². The molecule has 0 spiro atoms. The second-order valence-corrected chi connectivity index (χ2v) is 4.39. The average molecular weight is 287 g/mol. The van der Waals surface area contributed by atoms with E-state index in [1.807, 2.05) is 24.3 Å². The van der Waals surface area contributed by atoms with Gasteiger partial charge in [-0.3, -0.25) is 4.79 Å². The fourth-order valence-electron chi connectivity index (χ4n) is 1.57. The van der Waals surface area contributed by atoms with Gasteiger partial charge < -0.3 is 10.1 Å². The maximum atomic E-state index is 11.8. The van der Waals surface area contributed by atoms with Crippen molar-refractivity contribution in [2.75, 3.05) is 11.9 Å².